The highest BCUT2D eigenvalue weighted by atomic mass is 16.4. The first-order valence-corrected chi connectivity index (χ1v) is 10.3. The summed E-state index contributed by atoms with van der Waals surface area (Å²) in [5.41, 5.74) is 1.75. The second-order valence-electron chi connectivity index (χ2n) is 9.28. The molecule has 0 atom stereocenters. The van der Waals surface area contributed by atoms with Crippen molar-refractivity contribution in [2.24, 2.45) is 5.41 Å². The molecule has 0 bridgehead atoms. The summed E-state index contributed by atoms with van der Waals surface area (Å²) in [6.45, 7) is 6.32. The molecule has 2 N–H and O–H groups in total. The fourth-order valence-corrected chi connectivity index (χ4v) is 4.47. The number of carboxylic acids is 2. The monoisotopic (exact) mass is 419 g/mol. The molecule has 2 aromatic carbocycles. The molecule has 0 saturated heterocycles. The largest absolute Gasteiger partial charge is 0.480 e. The molecule has 0 spiro atoms. The number of hydrogen-bond acceptors (Lipinski definition) is 3. The summed E-state index contributed by atoms with van der Waals surface area (Å²) in [7, 11) is 0. The average molecular weight is 419 g/mol. The van der Waals surface area contributed by atoms with E-state index in [1.54, 1.807) is 4.57 Å². The zero-order valence-electron chi connectivity index (χ0n) is 17.8. The fourth-order valence-electron chi connectivity index (χ4n) is 4.47. The van der Waals surface area contributed by atoms with E-state index in [1.807, 2.05) is 48.5 Å². The minimum Gasteiger partial charge on any atom is -0.480 e. The average Bonchev–Trinajstić information content (AvgIpc) is 3.05. The topological polar surface area (TPSA) is 96.6 Å². The van der Waals surface area contributed by atoms with Gasteiger partial charge in [-0.15, -0.1) is 0 Å². The smallest absolute Gasteiger partial charge is 0.321 e. The van der Waals surface area contributed by atoms with Crippen LogP contribution < -0.4 is 0 Å². The van der Waals surface area contributed by atoms with Crippen LogP contribution in [0.25, 0.3) is 10.9 Å². The summed E-state index contributed by atoms with van der Waals surface area (Å²) in [4.78, 5) is 37.3. The lowest BCUT2D eigenvalue weighted by Gasteiger charge is -2.29. The van der Waals surface area contributed by atoms with Crippen LogP contribution in [-0.4, -0.2) is 32.6 Å². The van der Waals surface area contributed by atoms with Crippen LogP contribution in [0.15, 0.2) is 48.5 Å². The lowest BCUT2D eigenvalue weighted by molar-refractivity contribution is -0.165. The highest BCUT2D eigenvalue weighted by Crippen LogP contribution is 2.41. The molecule has 0 amide bonds. The highest BCUT2D eigenvalue weighted by Gasteiger charge is 2.50. The van der Waals surface area contributed by atoms with Crippen LogP contribution in [0.1, 0.15) is 54.4 Å². The maximum absolute atomic E-state index is 13.5. The van der Waals surface area contributed by atoms with E-state index < -0.39 is 17.4 Å². The SMILES string of the molecule is CC(C)(C)c1ccc(C(=O)n2c3c(c4ccccc42)CC(C(=O)O)(C(=O)O)CC3)cc1. The van der Waals surface area contributed by atoms with E-state index in [2.05, 4.69) is 20.8 Å². The number of para-hydroxylation sites is 1. The zero-order chi connectivity index (χ0) is 22.6. The Kier molecular flexibility index (Phi) is 4.76. The van der Waals surface area contributed by atoms with Crippen molar-refractivity contribution < 1.29 is 24.6 Å². The predicted molar refractivity (Wildman–Crippen MR) is 117 cm³/mol. The molecule has 1 heterocycles. The Labute approximate surface area is 180 Å². The van der Waals surface area contributed by atoms with Gasteiger partial charge in [0.15, 0.2) is 5.41 Å². The van der Waals surface area contributed by atoms with Gasteiger partial charge in [0.25, 0.3) is 5.91 Å². The van der Waals surface area contributed by atoms with Gasteiger partial charge in [-0.1, -0.05) is 51.1 Å². The summed E-state index contributed by atoms with van der Waals surface area (Å²) in [6.07, 6.45) is 0.00239. The fraction of sp³-hybridized carbons (Fsp3) is 0.320. The van der Waals surface area contributed by atoms with Crippen molar-refractivity contribution in [1.29, 1.82) is 0 Å². The molecule has 1 aliphatic rings. The van der Waals surface area contributed by atoms with E-state index >= 15 is 0 Å². The van der Waals surface area contributed by atoms with Crippen LogP contribution in [-0.2, 0) is 27.8 Å². The summed E-state index contributed by atoms with van der Waals surface area (Å²) < 4.78 is 1.63. The summed E-state index contributed by atoms with van der Waals surface area (Å²) in [5, 5.41) is 20.1. The van der Waals surface area contributed by atoms with Crippen molar-refractivity contribution >= 4 is 28.7 Å². The van der Waals surface area contributed by atoms with Gasteiger partial charge in [0.05, 0.1) is 5.52 Å². The van der Waals surface area contributed by atoms with Crippen molar-refractivity contribution in [1.82, 2.24) is 4.57 Å². The van der Waals surface area contributed by atoms with Gasteiger partial charge in [0.2, 0.25) is 0 Å². The quantitative estimate of drug-likeness (QED) is 0.618. The van der Waals surface area contributed by atoms with Crippen LogP contribution >= 0.6 is 0 Å². The molecule has 4 rings (SSSR count). The number of carbonyl (C=O) groups is 3. The molecule has 0 fully saturated rings. The third kappa shape index (κ3) is 3.23. The second kappa shape index (κ2) is 7.08. The molecule has 1 aliphatic carbocycles. The Morgan fingerprint density at radius 2 is 1.55 bits per heavy atom. The summed E-state index contributed by atoms with van der Waals surface area (Å²) in [5.74, 6) is -2.88. The number of rotatable bonds is 3. The van der Waals surface area contributed by atoms with Crippen molar-refractivity contribution in [3.05, 3.63) is 70.9 Å². The molecule has 160 valence electrons. The van der Waals surface area contributed by atoms with Crippen molar-refractivity contribution in [3.63, 3.8) is 0 Å². The molecule has 31 heavy (non-hydrogen) atoms. The second-order valence-corrected chi connectivity index (χ2v) is 9.28. The van der Waals surface area contributed by atoms with Crippen molar-refractivity contribution in [2.75, 3.05) is 0 Å². The minimum atomic E-state index is -1.88. The Morgan fingerprint density at radius 3 is 2.13 bits per heavy atom. The predicted octanol–water partition coefficient (Wildman–Crippen LogP) is 4.27. The van der Waals surface area contributed by atoms with E-state index in [0.717, 1.165) is 10.9 Å². The Bertz CT molecular complexity index is 1200. The number of aromatic nitrogens is 1. The van der Waals surface area contributed by atoms with Gasteiger partial charge in [-0.3, -0.25) is 19.0 Å². The molecule has 1 aromatic heterocycles. The van der Waals surface area contributed by atoms with Crippen LogP contribution in [0.2, 0.25) is 0 Å². The normalized spacial score (nSPS) is 15.5. The van der Waals surface area contributed by atoms with Gasteiger partial charge in [-0.2, -0.15) is 0 Å². The van der Waals surface area contributed by atoms with E-state index in [0.29, 0.717) is 22.3 Å². The van der Waals surface area contributed by atoms with Gasteiger partial charge in [-0.25, -0.2) is 0 Å². The Hall–Kier alpha value is -3.41. The molecular formula is C25H25NO5. The van der Waals surface area contributed by atoms with Gasteiger partial charge in [0.1, 0.15) is 0 Å². The van der Waals surface area contributed by atoms with Gasteiger partial charge >= 0.3 is 11.9 Å². The number of benzene rings is 2. The Balaban J connectivity index is 1.85. The molecule has 0 unspecified atom stereocenters. The zero-order valence-corrected chi connectivity index (χ0v) is 17.8. The first-order valence-electron chi connectivity index (χ1n) is 10.3. The van der Waals surface area contributed by atoms with E-state index in [4.69, 9.17) is 0 Å². The number of fused-ring (bicyclic) bond motifs is 3. The lowest BCUT2D eigenvalue weighted by Crippen LogP contribution is -2.44. The minimum absolute atomic E-state index is 0.0299. The molecule has 6 heteroatoms. The van der Waals surface area contributed by atoms with E-state index in [-0.39, 0.29) is 30.6 Å². The molecule has 0 aliphatic heterocycles. The number of carboxylic acid groups (broad SMARTS) is 2. The maximum Gasteiger partial charge on any atom is 0.321 e. The van der Waals surface area contributed by atoms with Crippen molar-refractivity contribution in [3.8, 4) is 0 Å². The van der Waals surface area contributed by atoms with Crippen LogP contribution in [0.5, 0.6) is 0 Å². The summed E-state index contributed by atoms with van der Waals surface area (Å²) >= 11 is 0. The summed E-state index contributed by atoms with van der Waals surface area (Å²) in [6, 6.07) is 14.8. The highest BCUT2D eigenvalue weighted by molar-refractivity contribution is 6.05. The third-order valence-electron chi connectivity index (χ3n) is 6.38. The lowest BCUT2D eigenvalue weighted by atomic mass is 9.72. The van der Waals surface area contributed by atoms with Gasteiger partial charge in [-0.05, 0) is 47.6 Å². The van der Waals surface area contributed by atoms with Crippen LogP contribution in [0.4, 0.5) is 0 Å². The number of hydrogen-bond donors (Lipinski definition) is 2. The number of nitrogens with zero attached hydrogens (tertiary/aromatic N) is 1. The van der Waals surface area contributed by atoms with Crippen LogP contribution in [0.3, 0.4) is 0 Å². The standard InChI is InChI=1S/C25H25NO5/c1-24(2,3)16-10-8-15(9-11-16)21(27)26-19-7-5-4-6-17(19)18-14-25(22(28)29,23(30)31)13-12-20(18)26/h4-11H,12-14H2,1-3H3,(H,28,29)(H,30,31). The van der Waals surface area contributed by atoms with Gasteiger partial charge < -0.3 is 10.2 Å². The van der Waals surface area contributed by atoms with Crippen LogP contribution in [0, 0.1) is 5.41 Å². The molecule has 3 aromatic rings. The van der Waals surface area contributed by atoms with E-state index in [1.165, 1.54) is 0 Å². The first kappa shape index (κ1) is 20.8. The Morgan fingerprint density at radius 1 is 0.935 bits per heavy atom. The van der Waals surface area contributed by atoms with E-state index in [9.17, 15) is 24.6 Å². The molecule has 6 nitrogen and oxygen atoms in total. The molecular weight excluding hydrogens is 394 g/mol. The first-order chi connectivity index (χ1) is 14.6. The molecule has 0 radical (unpaired) electrons. The maximum atomic E-state index is 13.5. The van der Waals surface area contributed by atoms with Gasteiger partial charge in [0, 0.05) is 23.1 Å². The number of carbonyl (C=O) groups excluding carboxylic acids is 1. The number of aliphatic carboxylic acids is 2. The molecule has 0 saturated carbocycles. The van der Waals surface area contributed by atoms with Crippen molar-refractivity contribution in [2.45, 2.75) is 45.4 Å². The third-order valence-corrected chi connectivity index (χ3v) is 6.38.